The summed E-state index contributed by atoms with van der Waals surface area (Å²) in [7, 11) is 0. The summed E-state index contributed by atoms with van der Waals surface area (Å²) >= 11 is 1.85. The number of rotatable bonds is 4. The largest absolute Gasteiger partial charge is 0.381 e. The van der Waals surface area contributed by atoms with Gasteiger partial charge in [0.1, 0.15) is 0 Å². The molecule has 1 aliphatic rings. The molecule has 2 atom stereocenters. The Morgan fingerprint density at radius 1 is 1.56 bits per heavy atom. The van der Waals surface area contributed by atoms with Crippen molar-refractivity contribution in [2.24, 2.45) is 11.7 Å². The van der Waals surface area contributed by atoms with Crippen molar-refractivity contribution in [1.29, 1.82) is 0 Å². The van der Waals surface area contributed by atoms with E-state index in [-0.39, 0.29) is 6.04 Å². The fraction of sp³-hybridized carbons (Fsp3) is 0.538. The van der Waals surface area contributed by atoms with Crippen molar-refractivity contribution < 1.29 is 4.74 Å². The monoisotopic (exact) mass is 237 g/mol. The quantitative estimate of drug-likeness (QED) is 0.817. The molecule has 0 spiro atoms. The molecule has 1 saturated heterocycles. The second kappa shape index (κ2) is 5.71. The van der Waals surface area contributed by atoms with E-state index in [1.54, 1.807) is 0 Å². The first-order valence-corrected chi connectivity index (χ1v) is 6.77. The maximum absolute atomic E-state index is 6.16. The van der Waals surface area contributed by atoms with Gasteiger partial charge in [-0.15, -0.1) is 11.8 Å². The Morgan fingerprint density at radius 3 is 3.12 bits per heavy atom. The molecule has 0 amide bonds. The lowest BCUT2D eigenvalue weighted by Crippen LogP contribution is -2.32. The van der Waals surface area contributed by atoms with Gasteiger partial charge in [0.2, 0.25) is 0 Å². The Morgan fingerprint density at radius 2 is 2.44 bits per heavy atom. The van der Waals surface area contributed by atoms with E-state index in [9.17, 15) is 0 Å². The molecule has 1 fully saturated rings. The summed E-state index contributed by atoms with van der Waals surface area (Å²) in [6.07, 6.45) is 1.12. The lowest BCUT2D eigenvalue weighted by molar-refractivity contribution is 0.182. The van der Waals surface area contributed by atoms with Crippen LogP contribution in [0.1, 0.15) is 12.0 Å². The van der Waals surface area contributed by atoms with Crippen LogP contribution in [0.3, 0.4) is 0 Å². The second-order valence-corrected chi connectivity index (χ2v) is 5.51. The van der Waals surface area contributed by atoms with Crippen molar-refractivity contribution in [2.75, 3.05) is 19.0 Å². The molecule has 2 rings (SSSR count). The summed E-state index contributed by atoms with van der Waals surface area (Å²) < 4.78 is 5.36. The van der Waals surface area contributed by atoms with E-state index in [1.807, 2.05) is 11.8 Å². The van der Waals surface area contributed by atoms with E-state index >= 15 is 0 Å². The highest BCUT2D eigenvalue weighted by molar-refractivity contribution is 7.99. The molecule has 1 heterocycles. The topological polar surface area (TPSA) is 35.2 Å². The van der Waals surface area contributed by atoms with Crippen molar-refractivity contribution >= 4 is 11.8 Å². The SMILES string of the molecule is Cc1cccc(SCC(N)C2CCOC2)c1. The molecule has 2 N–H and O–H groups in total. The fourth-order valence-electron chi connectivity index (χ4n) is 1.92. The molecule has 0 radical (unpaired) electrons. The van der Waals surface area contributed by atoms with Gasteiger partial charge in [0.15, 0.2) is 0 Å². The average molecular weight is 237 g/mol. The molecule has 0 aromatic heterocycles. The zero-order chi connectivity index (χ0) is 11.4. The van der Waals surface area contributed by atoms with Crippen LogP contribution in [0.5, 0.6) is 0 Å². The van der Waals surface area contributed by atoms with E-state index < -0.39 is 0 Å². The summed E-state index contributed by atoms with van der Waals surface area (Å²) in [5.41, 5.74) is 7.47. The van der Waals surface area contributed by atoms with Crippen LogP contribution in [0.2, 0.25) is 0 Å². The van der Waals surface area contributed by atoms with Crippen LogP contribution in [0.4, 0.5) is 0 Å². The third-order valence-electron chi connectivity index (χ3n) is 3.00. The van der Waals surface area contributed by atoms with Gasteiger partial charge in [-0.3, -0.25) is 0 Å². The zero-order valence-corrected chi connectivity index (χ0v) is 10.5. The van der Waals surface area contributed by atoms with Crippen molar-refractivity contribution in [3.05, 3.63) is 29.8 Å². The van der Waals surface area contributed by atoms with Crippen LogP contribution in [-0.4, -0.2) is 25.0 Å². The van der Waals surface area contributed by atoms with Gasteiger partial charge < -0.3 is 10.5 Å². The highest BCUT2D eigenvalue weighted by Crippen LogP contribution is 2.23. The van der Waals surface area contributed by atoms with Crippen molar-refractivity contribution in [2.45, 2.75) is 24.3 Å². The lowest BCUT2D eigenvalue weighted by Gasteiger charge is -2.16. The first kappa shape index (κ1) is 12.0. The van der Waals surface area contributed by atoms with Gasteiger partial charge in [-0.25, -0.2) is 0 Å². The van der Waals surface area contributed by atoms with Gasteiger partial charge in [-0.1, -0.05) is 17.7 Å². The maximum Gasteiger partial charge on any atom is 0.0510 e. The zero-order valence-electron chi connectivity index (χ0n) is 9.69. The molecule has 3 heteroatoms. The van der Waals surface area contributed by atoms with E-state index in [2.05, 4.69) is 31.2 Å². The first-order chi connectivity index (χ1) is 7.75. The fourth-order valence-corrected chi connectivity index (χ4v) is 3.03. The average Bonchev–Trinajstić information content (AvgIpc) is 2.79. The summed E-state index contributed by atoms with van der Waals surface area (Å²) in [5, 5.41) is 0. The number of aryl methyl sites for hydroxylation is 1. The highest BCUT2D eigenvalue weighted by atomic mass is 32.2. The third-order valence-corrected chi connectivity index (χ3v) is 4.14. The standard InChI is InChI=1S/C13H19NOS/c1-10-3-2-4-12(7-10)16-9-13(14)11-5-6-15-8-11/h2-4,7,11,13H,5-6,8-9,14H2,1H3. The summed E-state index contributed by atoms with van der Waals surface area (Å²) in [6, 6.07) is 8.84. The summed E-state index contributed by atoms with van der Waals surface area (Å²) in [5.74, 6) is 1.54. The lowest BCUT2D eigenvalue weighted by atomic mass is 10.0. The van der Waals surface area contributed by atoms with Crippen molar-refractivity contribution in [1.82, 2.24) is 0 Å². The maximum atomic E-state index is 6.16. The molecule has 1 aliphatic heterocycles. The Hall–Kier alpha value is -0.510. The van der Waals surface area contributed by atoms with E-state index in [0.717, 1.165) is 25.4 Å². The molecule has 0 aliphatic carbocycles. The van der Waals surface area contributed by atoms with Crippen molar-refractivity contribution in [3.63, 3.8) is 0 Å². The van der Waals surface area contributed by atoms with Gasteiger partial charge in [-0.2, -0.15) is 0 Å². The molecule has 2 unspecified atom stereocenters. The predicted molar refractivity (Wildman–Crippen MR) is 68.8 cm³/mol. The molecule has 16 heavy (non-hydrogen) atoms. The molecular weight excluding hydrogens is 218 g/mol. The third kappa shape index (κ3) is 3.24. The Balaban J connectivity index is 1.82. The predicted octanol–water partition coefficient (Wildman–Crippen LogP) is 2.45. The van der Waals surface area contributed by atoms with Crippen LogP contribution in [0.25, 0.3) is 0 Å². The highest BCUT2D eigenvalue weighted by Gasteiger charge is 2.22. The minimum Gasteiger partial charge on any atom is -0.381 e. The Kier molecular flexibility index (Phi) is 4.27. The number of hydrogen-bond acceptors (Lipinski definition) is 3. The minimum absolute atomic E-state index is 0.257. The van der Waals surface area contributed by atoms with Crippen LogP contribution < -0.4 is 5.73 Å². The summed E-state index contributed by atoms with van der Waals surface area (Å²) in [6.45, 7) is 3.85. The minimum atomic E-state index is 0.257. The number of hydrogen-bond donors (Lipinski definition) is 1. The number of benzene rings is 1. The normalized spacial score (nSPS) is 22.2. The van der Waals surface area contributed by atoms with Crippen LogP contribution >= 0.6 is 11.8 Å². The van der Waals surface area contributed by atoms with E-state index in [0.29, 0.717) is 5.92 Å². The Labute approximate surface area is 102 Å². The second-order valence-electron chi connectivity index (χ2n) is 4.42. The number of ether oxygens (including phenoxy) is 1. The van der Waals surface area contributed by atoms with Gasteiger partial charge >= 0.3 is 0 Å². The smallest absolute Gasteiger partial charge is 0.0510 e. The number of nitrogens with two attached hydrogens (primary N) is 1. The van der Waals surface area contributed by atoms with Gasteiger partial charge in [-0.05, 0) is 25.5 Å². The van der Waals surface area contributed by atoms with Gasteiger partial charge in [0.25, 0.3) is 0 Å². The number of thioether (sulfide) groups is 1. The molecule has 2 nitrogen and oxygen atoms in total. The van der Waals surface area contributed by atoms with E-state index in [4.69, 9.17) is 10.5 Å². The van der Waals surface area contributed by atoms with Crippen molar-refractivity contribution in [3.8, 4) is 0 Å². The molecule has 88 valence electrons. The Bertz CT molecular complexity index is 336. The van der Waals surface area contributed by atoms with Crippen LogP contribution in [0.15, 0.2) is 29.2 Å². The van der Waals surface area contributed by atoms with Crippen LogP contribution in [0, 0.1) is 12.8 Å². The summed E-state index contributed by atoms with van der Waals surface area (Å²) in [4.78, 5) is 1.31. The molecule has 0 saturated carbocycles. The van der Waals surface area contributed by atoms with Gasteiger partial charge in [0.05, 0.1) is 6.61 Å². The van der Waals surface area contributed by atoms with Crippen LogP contribution in [-0.2, 0) is 4.74 Å². The molecular formula is C13H19NOS. The first-order valence-electron chi connectivity index (χ1n) is 5.78. The molecule has 0 bridgehead atoms. The van der Waals surface area contributed by atoms with E-state index in [1.165, 1.54) is 10.5 Å². The molecule has 1 aromatic rings. The van der Waals surface area contributed by atoms with Gasteiger partial charge in [0, 0.05) is 29.2 Å². The molecule has 1 aromatic carbocycles.